The summed E-state index contributed by atoms with van der Waals surface area (Å²) >= 11 is 6.11. The first-order valence-electron chi connectivity index (χ1n) is 16.4. The molecule has 50 heavy (non-hydrogen) atoms. The van der Waals surface area contributed by atoms with Gasteiger partial charge in [-0.1, -0.05) is 23.7 Å². The number of nitrogens with one attached hydrogen (secondary N) is 2. The zero-order valence-corrected chi connectivity index (χ0v) is 28.4. The molecule has 0 radical (unpaired) electrons. The number of hydrogen-bond donors (Lipinski definition) is 3. The molecule has 0 aliphatic carbocycles. The number of rotatable bonds is 10. The smallest absolute Gasteiger partial charge is 0.335 e. The van der Waals surface area contributed by atoms with Gasteiger partial charge in [0.25, 0.3) is 5.91 Å². The van der Waals surface area contributed by atoms with E-state index in [1.807, 2.05) is 19.9 Å². The highest BCUT2D eigenvalue weighted by molar-refractivity contribution is 6.31. The molecule has 2 aliphatic heterocycles. The fourth-order valence-electron chi connectivity index (χ4n) is 6.69. The number of fused-ring (bicyclic) bond motifs is 1. The van der Waals surface area contributed by atoms with Crippen LogP contribution in [0.4, 0.5) is 10.1 Å². The van der Waals surface area contributed by atoms with Gasteiger partial charge in [-0.15, -0.1) is 5.10 Å². The number of carbonyl (C=O) groups is 3. The number of halogens is 2. The van der Waals surface area contributed by atoms with E-state index in [-0.39, 0.29) is 21.8 Å². The minimum atomic E-state index is -1.12. The number of carbonyl (C=O) groups excluding carboxylic acids is 2. The molecule has 1 fully saturated rings. The maximum Gasteiger partial charge on any atom is 0.335 e. The molecule has 12 nitrogen and oxygen atoms in total. The summed E-state index contributed by atoms with van der Waals surface area (Å²) in [6, 6.07) is 13.0. The van der Waals surface area contributed by atoms with Crippen LogP contribution in [0.5, 0.6) is 5.75 Å². The van der Waals surface area contributed by atoms with Gasteiger partial charge in [0.2, 0.25) is 5.91 Å². The van der Waals surface area contributed by atoms with Gasteiger partial charge in [0, 0.05) is 28.4 Å². The molecule has 0 bridgehead atoms. The fourth-order valence-corrected chi connectivity index (χ4v) is 6.85. The number of piperidine rings is 1. The van der Waals surface area contributed by atoms with Gasteiger partial charge >= 0.3 is 5.97 Å². The number of benzene rings is 3. The van der Waals surface area contributed by atoms with E-state index in [1.165, 1.54) is 64.5 Å². The van der Waals surface area contributed by atoms with Crippen molar-refractivity contribution in [3.05, 3.63) is 100 Å². The number of aromatic carboxylic acids is 1. The summed E-state index contributed by atoms with van der Waals surface area (Å²) in [5.41, 5.74) is 1.16. The molecule has 1 atom stereocenters. The Morgan fingerprint density at radius 2 is 1.88 bits per heavy atom. The molecular formula is C36H37ClFN7O5. The largest absolute Gasteiger partial charge is 0.493 e. The molecule has 14 heteroatoms. The number of tetrazole rings is 1. The van der Waals surface area contributed by atoms with Crippen molar-refractivity contribution >= 4 is 41.1 Å². The molecule has 0 saturated carbocycles. The van der Waals surface area contributed by atoms with E-state index in [1.54, 1.807) is 12.1 Å². The van der Waals surface area contributed by atoms with E-state index >= 15 is 4.39 Å². The number of ether oxygens (including phenoxy) is 1. The topological polar surface area (TPSA) is 152 Å². The van der Waals surface area contributed by atoms with E-state index in [2.05, 4.69) is 26.2 Å². The van der Waals surface area contributed by atoms with E-state index in [0.29, 0.717) is 35.9 Å². The van der Waals surface area contributed by atoms with Gasteiger partial charge < -0.3 is 25.4 Å². The highest BCUT2D eigenvalue weighted by Gasteiger charge is 2.46. The van der Waals surface area contributed by atoms with Crippen molar-refractivity contribution in [2.24, 2.45) is 5.92 Å². The molecule has 6 rings (SSSR count). The van der Waals surface area contributed by atoms with Crippen molar-refractivity contribution < 1.29 is 28.6 Å². The lowest BCUT2D eigenvalue weighted by Crippen LogP contribution is -2.56. The van der Waals surface area contributed by atoms with Crippen molar-refractivity contribution in [1.29, 1.82) is 0 Å². The van der Waals surface area contributed by atoms with Crippen LogP contribution >= 0.6 is 11.6 Å². The predicted octanol–water partition coefficient (Wildman–Crippen LogP) is 5.48. The van der Waals surface area contributed by atoms with Crippen molar-refractivity contribution in [3.8, 4) is 11.4 Å². The number of anilines is 1. The summed E-state index contributed by atoms with van der Waals surface area (Å²) < 4.78 is 23.0. The Kier molecular flexibility index (Phi) is 10.3. The first kappa shape index (κ1) is 34.7. The van der Waals surface area contributed by atoms with Gasteiger partial charge in [0.1, 0.15) is 18.1 Å². The number of carboxylic acids is 1. The summed E-state index contributed by atoms with van der Waals surface area (Å²) in [7, 11) is 0. The standard InChI is InChI=1S/C36H37ClFN7O5/c1-36(2)20-27-25(4-3-5-30(27)50-19-16-22-14-17-39-18-15-22)33(34(47)41-24-8-6-23(7-9-24)35(48)49)45(36)31(46)13-10-26-29(44-21-40-42-43-44)12-11-28(37)32(26)38/h3-13,21-22,33,39H,14-20H2,1-2H3,(H,41,47)(H,48,49)/b13-10+. The summed E-state index contributed by atoms with van der Waals surface area (Å²) in [4.78, 5) is 41.4. The SMILES string of the molecule is CC1(C)Cc2c(OCCC3CCNCC3)cccc2C(C(=O)Nc2ccc(C(=O)O)cc2)N1C(=O)/C=C/c1c(-n2cnnn2)ccc(Cl)c1F. The fraction of sp³-hybridized carbons (Fsp3) is 0.333. The summed E-state index contributed by atoms with van der Waals surface area (Å²) in [6.07, 6.45) is 7.28. The molecule has 1 aromatic heterocycles. The van der Waals surface area contributed by atoms with Gasteiger partial charge in [-0.3, -0.25) is 9.59 Å². The van der Waals surface area contributed by atoms with Crippen LogP contribution in [0.3, 0.4) is 0 Å². The third-order valence-electron chi connectivity index (χ3n) is 9.21. The average molecular weight is 702 g/mol. The van der Waals surface area contributed by atoms with Crippen LogP contribution < -0.4 is 15.4 Å². The first-order valence-corrected chi connectivity index (χ1v) is 16.7. The number of amides is 2. The monoisotopic (exact) mass is 701 g/mol. The molecule has 2 amide bonds. The third kappa shape index (κ3) is 7.38. The van der Waals surface area contributed by atoms with Gasteiger partial charge in [-0.2, -0.15) is 4.68 Å². The van der Waals surface area contributed by atoms with Crippen molar-refractivity contribution in [1.82, 2.24) is 30.4 Å². The Morgan fingerprint density at radius 3 is 2.58 bits per heavy atom. The molecule has 2 aliphatic rings. The van der Waals surface area contributed by atoms with Crippen LogP contribution in [-0.4, -0.2) is 73.2 Å². The second-order valence-electron chi connectivity index (χ2n) is 13.0. The van der Waals surface area contributed by atoms with E-state index in [4.69, 9.17) is 16.3 Å². The van der Waals surface area contributed by atoms with Crippen LogP contribution in [-0.2, 0) is 16.0 Å². The lowest BCUT2D eigenvalue weighted by atomic mass is 9.80. The second kappa shape index (κ2) is 14.8. The molecule has 1 unspecified atom stereocenters. The Morgan fingerprint density at radius 1 is 1.12 bits per heavy atom. The highest BCUT2D eigenvalue weighted by Crippen LogP contribution is 2.43. The summed E-state index contributed by atoms with van der Waals surface area (Å²) in [6.45, 7) is 6.24. The van der Waals surface area contributed by atoms with E-state index in [9.17, 15) is 19.5 Å². The minimum Gasteiger partial charge on any atom is -0.493 e. The molecule has 1 saturated heterocycles. The Labute approximate surface area is 293 Å². The van der Waals surface area contributed by atoms with Gasteiger partial charge in [-0.25, -0.2) is 9.18 Å². The van der Waals surface area contributed by atoms with Crippen LogP contribution in [0.25, 0.3) is 11.8 Å². The quantitative estimate of drug-likeness (QED) is 0.183. The molecule has 260 valence electrons. The first-order chi connectivity index (χ1) is 24.0. The zero-order chi connectivity index (χ0) is 35.4. The molecular weight excluding hydrogens is 665 g/mol. The number of carboxylic acid groups (broad SMARTS) is 1. The van der Waals surface area contributed by atoms with Crippen molar-refractivity contribution in [2.45, 2.75) is 51.1 Å². The number of aromatic nitrogens is 4. The molecule has 3 N–H and O–H groups in total. The second-order valence-corrected chi connectivity index (χ2v) is 13.4. The van der Waals surface area contributed by atoms with Crippen molar-refractivity contribution in [2.75, 3.05) is 25.0 Å². The maximum absolute atomic E-state index is 15.4. The molecule has 3 aromatic carbocycles. The average Bonchev–Trinajstić information content (AvgIpc) is 3.64. The van der Waals surface area contributed by atoms with E-state index < -0.39 is 35.2 Å². The van der Waals surface area contributed by atoms with E-state index in [0.717, 1.165) is 37.9 Å². The van der Waals surface area contributed by atoms with Crippen molar-refractivity contribution in [3.63, 3.8) is 0 Å². The Hall–Kier alpha value is -5.14. The molecule has 3 heterocycles. The van der Waals surface area contributed by atoms with Crippen LogP contribution in [0.15, 0.2) is 67.0 Å². The van der Waals surface area contributed by atoms with Gasteiger partial charge in [0.15, 0.2) is 5.82 Å². The summed E-state index contributed by atoms with van der Waals surface area (Å²) in [5, 5.41) is 26.5. The lowest BCUT2D eigenvalue weighted by Gasteiger charge is -2.47. The van der Waals surface area contributed by atoms with Gasteiger partial charge in [0.05, 0.1) is 22.9 Å². The Balaban J connectivity index is 1.35. The highest BCUT2D eigenvalue weighted by atomic mass is 35.5. The lowest BCUT2D eigenvalue weighted by molar-refractivity contribution is -0.142. The van der Waals surface area contributed by atoms with Crippen LogP contribution in [0.1, 0.15) is 66.2 Å². The predicted molar refractivity (Wildman–Crippen MR) is 185 cm³/mol. The number of nitrogens with zero attached hydrogens (tertiary/aromatic N) is 5. The minimum absolute atomic E-state index is 0.0164. The number of hydrogen-bond acceptors (Lipinski definition) is 8. The maximum atomic E-state index is 15.4. The zero-order valence-electron chi connectivity index (χ0n) is 27.6. The van der Waals surface area contributed by atoms with Gasteiger partial charge in [-0.05, 0) is 123 Å². The normalized spacial score (nSPS) is 17.4. The molecule has 0 spiro atoms. The van der Waals surface area contributed by atoms with Crippen LogP contribution in [0.2, 0.25) is 5.02 Å². The van der Waals surface area contributed by atoms with Crippen LogP contribution in [0, 0.1) is 11.7 Å². The molecule has 4 aromatic rings. The Bertz CT molecular complexity index is 1910. The summed E-state index contributed by atoms with van der Waals surface area (Å²) in [5.74, 6) is -1.70. The third-order valence-corrected chi connectivity index (χ3v) is 9.50.